The van der Waals surface area contributed by atoms with E-state index in [0.29, 0.717) is 52.0 Å². The molecule has 0 aromatic carbocycles. The van der Waals surface area contributed by atoms with Gasteiger partial charge in [-0.2, -0.15) is 0 Å². The predicted molar refractivity (Wildman–Crippen MR) is 87.0 cm³/mol. The fourth-order valence-electron chi connectivity index (χ4n) is 1.78. The van der Waals surface area contributed by atoms with E-state index in [2.05, 4.69) is 6.92 Å². The van der Waals surface area contributed by atoms with Gasteiger partial charge in [-0.3, -0.25) is 4.79 Å². The number of carbonyl (C=O) groups excluding carboxylic acids is 1. The van der Waals surface area contributed by atoms with Gasteiger partial charge >= 0.3 is 5.97 Å². The van der Waals surface area contributed by atoms with Gasteiger partial charge in [0.15, 0.2) is 0 Å². The first kappa shape index (κ1) is 21.4. The molecule has 0 atom stereocenters. The molecule has 0 fully saturated rings. The Morgan fingerprint density at radius 2 is 1.32 bits per heavy atom. The summed E-state index contributed by atoms with van der Waals surface area (Å²) in [7, 11) is 0. The van der Waals surface area contributed by atoms with Crippen LogP contribution in [0, 0.1) is 5.92 Å². The lowest BCUT2D eigenvalue weighted by Crippen LogP contribution is -2.14. The number of esters is 1. The Balaban J connectivity index is 3.07. The van der Waals surface area contributed by atoms with Crippen LogP contribution < -0.4 is 0 Å². The SMILES string of the molecule is CCCCCCOCCOCCOCCOC(=O)CC(C)C. The molecule has 0 saturated carbocycles. The van der Waals surface area contributed by atoms with Gasteiger partial charge in [-0.1, -0.05) is 40.0 Å². The van der Waals surface area contributed by atoms with Gasteiger partial charge in [-0.15, -0.1) is 0 Å². The van der Waals surface area contributed by atoms with E-state index in [1.165, 1.54) is 19.3 Å². The average molecular weight is 318 g/mol. The molecule has 0 N–H and O–H groups in total. The van der Waals surface area contributed by atoms with Crippen LogP contribution in [0.3, 0.4) is 0 Å². The van der Waals surface area contributed by atoms with Crippen molar-refractivity contribution >= 4 is 5.97 Å². The molecule has 22 heavy (non-hydrogen) atoms. The largest absolute Gasteiger partial charge is 0.463 e. The molecular formula is C17H34O5. The van der Waals surface area contributed by atoms with E-state index in [-0.39, 0.29) is 5.97 Å². The minimum atomic E-state index is -0.161. The molecule has 0 unspecified atom stereocenters. The summed E-state index contributed by atoms with van der Waals surface area (Å²) in [6, 6.07) is 0. The molecule has 0 heterocycles. The van der Waals surface area contributed by atoms with Crippen LogP contribution in [0.5, 0.6) is 0 Å². The third-order valence-corrected chi connectivity index (χ3v) is 2.95. The van der Waals surface area contributed by atoms with Crippen molar-refractivity contribution in [2.24, 2.45) is 5.92 Å². The van der Waals surface area contributed by atoms with Crippen molar-refractivity contribution < 1.29 is 23.7 Å². The highest BCUT2D eigenvalue weighted by atomic mass is 16.6. The fraction of sp³-hybridized carbons (Fsp3) is 0.941. The normalized spacial score (nSPS) is 11.1. The van der Waals surface area contributed by atoms with Gasteiger partial charge in [0, 0.05) is 13.0 Å². The molecule has 0 aliphatic carbocycles. The molecule has 0 saturated heterocycles. The van der Waals surface area contributed by atoms with Crippen LogP contribution in [-0.2, 0) is 23.7 Å². The third-order valence-electron chi connectivity index (χ3n) is 2.95. The molecule has 132 valence electrons. The van der Waals surface area contributed by atoms with Gasteiger partial charge in [0.2, 0.25) is 0 Å². The Morgan fingerprint density at radius 1 is 0.773 bits per heavy atom. The minimum Gasteiger partial charge on any atom is -0.463 e. The van der Waals surface area contributed by atoms with E-state index in [1.807, 2.05) is 13.8 Å². The quantitative estimate of drug-likeness (QED) is 0.323. The van der Waals surface area contributed by atoms with Crippen LogP contribution in [0.15, 0.2) is 0 Å². The molecule has 0 aliphatic heterocycles. The Kier molecular flexibility index (Phi) is 16.2. The standard InChI is InChI=1S/C17H34O5/c1-4-5-6-7-8-19-9-10-20-11-12-21-13-14-22-17(18)15-16(2)3/h16H,4-15H2,1-3H3. The average Bonchev–Trinajstić information content (AvgIpc) is 2.47. The molecule has 5 nitrogen and oxygen atoms in total. The third kappa shape index (κ3) is 17.4. The first-order valence-corrected chi connectivity index (χ1v) is 8.55. The maximum atomic E-state index is 11.3. The van der Waals surface area contributed by atoms with Crippen molar-refractivity contribution in [1.82, 2.24) is 0 Å². The summed E-state index contributed by atoms with van der Waals surface area (Å²) in [5.41, 5.74) is 0. The Morgan fingerprint density at radius 3 is 1.86 bits per heavy atom. The molecule has 5 heteroatoms. The van der Waals surface area contributed by atoms with Crippen molar-refractivity contribution in [1.29, 1.82) is 0 Å². The highest BCUT2D eigenvalue weighted by molar-refractivity contribution is 5.69. The number of rotatable bonds is 16. The van der Waals surface area contributed by atoms with Crippen LogP contribution in [0.4, 0.5) is 0 Å². The predicted octanol–water partition coefficient (Wildman–Crippen LogP) is 3.21. The summed E-state index contributed by atoms with van der Waals surface area (Å²) in [6.45, 7) is 10.0. The second-order valence-electron chi connectivity index (χ2n) is 5.72. The molecule has 0 aromatic heterocycles. The number of carbonyl (C=O) groups is 1. The summed E-state index contributed by atoms with van der Waals surface area (Å²) in [6.07, 6.45) is 5.37. The lowest BCUT2D eigenvalue weighted by Gasteiger charge is -2.08. The monoisotopic (exact) mass is 318 g/mol. The second kappa shape index (κ2) is 16.7. The van der Waals surface area contributed by atoms with Gasteiger partial charge in [0.1, 0.15) is 6.61 Å². The van der Waals surface area contributed by atoms with Crippen molar-refractivity contribution in [3.63, 3.8) is 0 Å². The smallest absolute Gasteiger partial charge is 0.306 e. The first-order valence-electron chi connectivity index (χ1n) is 8.55. The molecule has 0 aliphatic rings. The van der Waals surface area contributed by atoms with Gasteiger partial charge in [0.25, 0.3) is 0 Å². The van der Waals surface area contributed by atoms with E-state index in [9.17, 15) is 4.79 Å². The molecule has 0 bridgehead atoms. The summed E-state index contributed by atoms with van der Waals surface area (Å²) in [5, 5.41) is 0. The maximum absolute atomic E-state index is 11.3. The summed E-state index contributed by atoms with van der Waals surface area (Å²) >= 11 is 0. The Bertz CT molecular complexity index is 243. The molecule has 0 radical (unpaired) electrons. The topological polar surface area (TPSA) is 54.0 Å². The number of hydrogen-bond acceptors (Lipinski definition) is 5. The molecule has 0 aromatic rings. The molecular weight excluding hydrogens is 284 g/mol. The lowest BCUT2D eigenvalue weighted by atomic mass is 10.1. The Labute approximate surface area is 135 Å². The van der Waals surface area contributed by atoms with Crippen LogP contribution >= 0.6 is 0 Å². The highest BCUT2D eigenvalue weighted by Crippen LogP contribution is 2.00. The highest BCUT2D eigenvalue weighted by Gasteiger charge is 2.05. The molecule has 0 rings (SSSR count). The van der Waals surface area contributed by atoms with Crippen molar-refractivity contribution in [2.75, 3.05) is 46.2 Å². The van der Waals surface area contributed by atoms with Gasteiger partial charge in [-0.05, 0) is 12.3 Å². The summed E-state index contributed by atoms with van der Waals surface area (Å²) in [5.74, 6) is 0.168. The number of ether oxygens (including phenoxy) is 4. The van der Waals surface area contributed by atoms with Crippen molar-refractivity contribution in [2.45, 2.75) is 52.9 Å². The second-order valence-corrected chi connectivity index (χ2v) is 5.72. The maximum Gasteiger partial charge on any atom is 0.306 e. The van der Waals surface area contributed by atoms with E-state index in [0.717, 1.165) is 13.0 Å². The molecule has 0 spiro atoms. The Hall–Kier alpha value is -0.650. The van der Waals surface area contributed by atoms with Crippen LogP contribution in [-0.4, -0.2) is 52.2 Å². The van der Waals surface area contributed by atoms with E-state index < -0.39 is 0 Å². The van der Waals surface area contributed by atoms with E-state index in [4.69, 9.17) is 18.9 Å². The van der Waals surface area contributed by atoms with Crippen molar-refractivity contribution in [3.8, 4) is 0 Å². The van der Waals surface area contributed by atoms with Gasteiger partial charge in [0.05, 0.1) is 33.0 Å². The van der Waals surface area contributed by atoms with Crippen molar-refractivity contribution in [3.05, 3.63) is 0 Å². The molecule has 0 amide bonds. The van der Waals surface area contributed by atoms with Gasteiger partial charge < -0.3 is 18.9 Å². The zero-order valence-electron chi connectivity index (χ0n) is 14.6. The zero-order valence-corrected chi connectivity index (χ0v) is 14.6. The minimum absolute atomic E-state index is 0.161. The zero-order chi connectivity index (χ0) is 16.5. The van der Waals surface area contributed by atoms with Crippen LogP contribution in [0.1, 0.15) is 52.9 Å². The fourth-order valence-corrected chi connectivity index (χ4v) is 1.78. The summed E-state index contributed by atoms with van der Waals surface area (Å²) in [4.78, 5) is 11.3. The van der Waals surface area contributed by atoms with Gasteiger partial charge in [-0.25, -0.2) is 0 Å². The number of unbranched alkanes of at least 4 members (excludes halogenated alkanes) is 3. The number of hydrogen-bond donors (Lipinski definition) is 0. The lowest BCUT2D eigenvalue weighted by molar-refractivity contribution is -0.146. The van der Waals surface area contributed by atoms with E-state index >= 15 is 0 Å². The van der Waals surface area contributed by atoms with Crippen LogP contribution in [0.25, 0.3) is 0 Å². The first-order chi connectivity index (χ1) is 10.7. The van der Waals surface area contributed by atoms with E-state index in [1.54, 1.807) is 0 Å². The van der Waals surface area contributed by atoms with Crippen LogP contribution in [0.2, 0.25) is 0 Å². The summed E-state index contributed by atoms with van der Waals surface area (Å²) < 4.78 is 21.2.